The highest BCUT2D eigenvalue weighted by Crippen LogP contribution is 2.29. The number of nitrogens with zero attached hydrogens (tertiary/aromatic N) is 3. The molecule has 0 radical (unpaired) electrons. The van der Waals surface area contributed by atoms with Crippen molar-refractivity contribution in [3.05, 3.63) is 46.1 Å². The molecule has 3 rings (SSSR count). The highest BCUT2D eigenvalue weighted by molar-refractivity contribution is 7.81. The number of rotatable bonds is 1. The van der Waals surface area contributed by atoms with E-state index in [2.05, 4.69) is 23.0 Å². The van der Waals surface area contributed by atoms with Crippen molar-refractivity contribution in [3.8, 4) is 0 Å². The molecule has 1 unspecified atom stereocenters. The van der Waals surface area contributed by atoms with Gasteiger partial charge in [0.25, 0.3) is 0 Å². The molecule has 6 heteroatoms. The van der Waals surface area contributed by atoms with Crippen molar-refractivity contribution in [1.82, 2.24) is 9.78 Å². The van der Waals surface area contributed by atoms with E-state index in [-0.39, 0.29) is 5.37 Å². The Morgan fingerprint density at radius 2 is 2.15 bits per heavy atom. The number of aliphatic imine (C=N–C) groups is 1. The number of hydrogen-bond acceptors (Lipinski definition) is 4. The molecule has 20 heavy (non-hydrogen) atoms. The Balaban J connectivity index is 2.24. The Hall–Kier alpha value is -1.46. The predicted octanol–water partition coefficient (Wildman–Crippen LogP) is 2.90. The lowest BCUT2D eigenvalue weighted by Crippen LogP contribution is -2.17. The molecule has 2 aromatic rings. The first-order chi connectivity index (χ1) is 9.58. The molecule has 2 heterocycles. The summed E-state index contributed by atoms with van der Waals surface area (Å²) >= 11 is 10.8. The molecule has 0 fully saturated rings. The van der Waals surface area contributed by atoms with Crippen molar-refractivity contribution in [2.45, 2.75) is 12.3 Å². The standard InChI is InChI=1S/C14H15ClN4S/c1-8-12-13(9-5-3-4-6-10(9)15)16-7-11(20)17-14(12)19(2)18-8/h3-6,11,17,20H,7H2,1-2H3. The van der Waals surface area contributed by atoms with Crippen molar-refractivity contribution < 1.29 is 0 Å². The van der Waals surface area contributed by atoms with Gasteiger partial charge < -0.3 is 5.32 Å². The Morgan fingerprint density at radius 1 is 1.40 bits per heavy atom. The first-order valence-corrected chi connectivity index (χ1v) is 7.25. The fourth-order valence-electron chi connectivity index (χ4n) is 2.44. The second-order valence-corrected chi connectivity index (χ2v) is 5.79. The van der Waals surface area contributed by atoms with E-state index in [1.807, 2.05) is 42.9 Å². The predicted molar refractivity (Wildman–Crippen MR) is 86.3 cm³/mol. The molecule has 0 aliphatic carbocycles. The van der Waals surface area contributed by atoms with Crippen LogP contribution in [0.5, 0.6) is 0 Å². The van der Waals surface area contributed by atoms with Crippen LogP contribution in [-0.4, -0.2) is 27.4 Å². The van der Waals surface area contributed by atoms with Gasteiger partial charge in [-0.05, 0) is 13.0 Å². The molecular formula is C14H15ClN4S. The number of nitrogens with one attached hydrogen (secondary N) is 1. The van der Waals surface area contributed by atoms with Crippen molar-refractivity contribution in [1.29, 1.82) is 0 Å². The average molecular weight is 307 g/mol. The normalized spacial score (nSPS) is 18.0. The fraction of sp³-hybridized carbons (Fsp3) is 0.286. The van der Waals surface area contributed by atoms with Crippen LogP contribution in [0.25, 0.3) is 0 Å². The van der Waals surface area contributed by atoms with Gasteiger partial charge in [0.1, 0.15) is 5.82 Å². The van der Waals surface area contributed by atoms with Gasteiger partial charge in [-0.1, -0.05) is 29.8 Å². The molecule has 0 bridgehead atoms. The van der Waals surface area contributed by atoms with Crippen LogP contribution in [0, 0.1) is 6.92 Å². The summed E-state index contributed by atoms with van der Waals surface area (Å²) in [6.07, 6.45) is 0. The minimum atomic E-state index is -0.0384. The van der Waals surface area contributed by atoms with Gasteiger partial charge in [-0.3, -0.25) is 9.67 Å². The van der Waals surface area contributed by atoms with E-state index >= 15 is 0 Å². The summed E-state index contributed by atoms with van der Waals surface area (Å²) in [5, 5.41) is 8.46. The SMILES string of the molecule is Cc1nn(C)c2c1C(c1ccccc1Cl)=NCC(S)N2. The number of halogens is 1. The van der Waals surface area contributed by atoms with Gasteiger partial charge >= 0.3 is 0 Å². The first-order valence-electron chi connectivity index (χ1n) is 6.36. The maximum Gasteiger partial charge on any atom is 0.134 e. The number of hydrogen-bond donors (Lipinski definition) is 2. The Morgan fingerprint density at radius 3 is 2.90 bits per heavy atom. The molecule has 0 saturated heterocycles. The van der Waals surface area contributed by atoms with E-state index in [1.54, 1.807) is 0 Å². The summed E-state index contributed by atoms with van der Waals surface area (Å²) in [4.78, 5) is 4.69. The molecule has 1 aliphatic rings. The van der Waals surface area contributed by atoms with Gasteiger partial charge in [-0.15, -0.1) is 0 Å². The van der Waals surface area contributed by atoms with Gasteiger partial charge in [0.2, 0.25) is 0 Å². The highest BCUT2D eigenvalue weighted by atomic mass is 35.5. The van der Waals surface area contributed by atoms with Crippen molar-refractivity contribution >= 4 is 35.8 Å². The zero-order chi connectivity index (χ0) is 14.3. The number of anilines is 1. The van der Waals surface area contributed by atoms with Crippen LogP contribution in [0.2, 0.25) is 5.02 Å². The van der Waals surface area contributed by atoms with E-state index in [0.717, 1.165) is 28.4 Å². The number of aryl methyl sites for hydroxylation is 2. The Labute approximate surface area is 128 Å². The van der Waals surface area contributed by atoms with Crippen molar-refractivity contribution in [2.75, 3.05) is 11.9 Å². The average Bonchev–Trinajstić information content (AvgIpc) is 2.60. The lowest BCUT2D eigenvalue weighted by Gasteiger charge is -2.10. The summed E-state index contributed by atoms with van der Waals surface area (Å²) in [5.74, 6) is 0.929. The minimum Gasteiger partial charge on any atom is -0.356 e. The first kappa shape index (κ1) is 13.5. The van der Waals surface area contributed by atoms with Gasteiger partial charge in [-0.2, -0.15) is 17.7 Å². The van der Waals surface area contributed by atoms with Crippen LogP contribution < -0.4 is 5.32 Å². The van der Waals surface area contributed by atoms with E-state index in [1.165, 1.54) is 0 Å². The third-order valence-electron chi connectivity index (χ3n) is 3.31. The third kappa shape index (κ3) is 2.21. The smallest absolute Gasteiger partial charge is 0.134 e. The molecule has 1 aromatic carbocycles. The van der Waals surface area contributed by atoms with Crippen LogP contribution in [0.4, 0.5) is 5.82 Å². The van der Waals surface area contributed by atoms with E-state index in [9.17, 15) is 0 Å². The van der Waals surface area contributed by atoms with Gasteiger partial charge in [0, 0.05) is 17.6 Å². The van der Waals surface area contributed by atoms with Gasteiger partial charge in [-0.25, -0.2) is 0 Å². The Bertz CT molecular complexity index is 692. The number of benzene rings is 1. The van der Waals surface area contributed by atoms with Crippen molar-refractivity contribution in [3.63, 3.8) is 0 Å². The molecule has 0 saturated carbocycles. The molecule has 4 nitrogen and oxygen atoms in total. The molecule has 0 spiro atoms. The second kappa shape index (κ2) is 5.14. The van der Waals surface area contributed by atoms with Gasteiger partial charge in [0.15, 0.2) is 0 Å². The fourth-order valence-corrected chi connectivity index (χ4v) is 2.87. The monoisotopic (exact) mass is 306 g/mol. The molecule has 1 N–H and O–H groups in total. The molecule has 1 aromatic heterocycles. The summed E-state index contributed by atoms with van der Waals surface area (Å²) in [7, 11) is 1.91. The zero-order valence-corrected chi connectivity index (χ0v) is 12.9. The summed E-state index contributed by atoms with van der Waals surface area (Å²) in [5.41, 5.74) is 3.73. The summed E-state index contributed by atoms with van der Waals surface area (Å²) < 4.78 is 1.82. The summed E-state index contributed by atoms with van der Waals surface area (Å²) in [6.45, 7) is 2.56. The maximum atomic E-state index is 6.33. The zero-order valence-electron chi connectivity index (χ0n) is 11.3. The molecule has 1 aliphatic heterocycles. The van der Waals surface area contributed by atoms with Crippen LogP contribution in [0.3, 0.4) is 0 Å². The quantitative estimate of drug-likeness (QED) is 0.796. The van der Waals surface area contributed by atoms with Crippen LogP contribution in [0.15, 0.2) is 29.3 Å². The minimum absolute atomic E-state index is 0.0384. The number of thiol groups is 1. The maximum absolute atomic E-state index is 6.33. The lowest BCUT2D eigenvalue weighted by molar-refractivity contribution is 0.755. The molecule has 0 amide bonds. The number of aromatic nitrogens is 2. The largest absolute Gasteiger partial charge is 0.356 e. The van der Waals surface area contributed by atoms with Crippen molar-refractivity contribution in [2.24, 2.45) is 12.0 Å². The van der Waals surface area contributed by atoms with Gasteiger partial charge in [0.05, 0.1) is 28.9 Å². The lowest BCUT2D eigenvalue weighted by atomic mass is 10.0. The third-order valence-corrected chi connectivity index (χ3v) is 3.94. The van der Waals surface area contributed by atoms with E-state index in [4.69, 9.17) is 16.6 Å². The summed E-state index contributed by atoms with van der Waals surface area (Å²) in [6, 6.07) is 7.74. The van der Waals surface area contributed by atoms with Crippen LogP contribution in [-0.2, 0) is 7.05 Å². The Kier molecular flexibility index (Phi) is 3.48. The molecule has 104 valence electrons. The highest BCUT2D eigenvalue weighted by Gasteiger charge is 2.25. The molecule has 1 atom stereocenters. The van der Waals surface area contributed by atoms with E-state index < -0.39 is 0 Å². The second-order valence-electron chi connectivity index (χ2n) is 4.76. The van der Waals surface area contributed by atoms with Crippen LogP contribution >= 0.6 is 24.2 Å². The van der Waals surface area contributed by atoms with E-state index in [0.29, 0.717) is 11.6 Å². The molecular weight excluding hydrogens is 292 g/mol. The number of fused-ring (bicyclic) bond motifs is 1. The topological polar surface area (TPSA) is 42.2 Å². The van der Waals surface area contributed by atoms with Crippen LogP contribution in [0.1, 0.15) is 16.8 Å².